The molecule has 0 aliphatic carbocycles. The van der Waals surface area contributed by atoms with Crippen molar-refractivity contribution in [1.29, 1.82) is 0 Å². The molecule has 1 N–H and O–H groups in total. The van der Waals surface area contributed by atoms with Crippen LogP contribution in [0.1, 0.15) is 28.3 Å². The predicted molar refractivity (Wildman–Crippen MR) is 64.4 cm³/mol. The number of benzene rings is 1. The van der Waals surface area contributed by atoms with Gasteiger partial charge >= 0.3 is 0 Å². The van der Waals surface area contributed by atoms with E-state index in [0.29, 0.717) is 5.56 Å². The van der Waals surface area contributed by atoms with E-state index in [1.54, 1.807) is 6.20 Å². The van der Waals surface area contributed by atoms with Crippen LogP contribution < -0.4 is 5.32 Å². The smallest absolute Gasteiger partial charge is 0.251 e. The number of carbonyl (C=O) groups is 1. The summed E-state index contributed by atoms with van der Waals surface area (Å²) in [6.45, 7) is 1.86. The molecule has 0 saturated heterocycles. The van der Waals surface area contributed by atoms with Crippen LogP contribution in [0.5, 0.6) is 0 Å². The number of carbonyl (C=O) groups excluding carboxylic acids is 1. The van der Waals surface area contributed by atoms with Crippen molar-refractivity contribution in [2.75, 3.05) is 0 Å². The van der Waals surface area contributed by atoms with Gasteiger partial charge in [-0.15, -0.1) is 11.3 Å². The molecule has 1 heterocycles. The van der Waals surface area contributed by atoms with E-state index in [1.165, 1.54) is 35.6 Å². The quantitative estimate of drug-likeness (QED) is 0.910. The van der Waals surface area contributed by atoms with Gasteiger partial charge in [-0.1, -0.05) is 0 Å². The minimum atomic E-state index is -0.352. The molecule has 17 heavy (non-hydrogen) atoms. The minimum Gasteiger partial charge on any atom is -0.343 e. The largest absolute Gasteiger partial charge is 0.343 e. The van der Waals surface area contributed by atoms with Crippen LogP contribution in [0.2, 0.25) is 0 Å². The maximum Gasteiger partial charge on any atom is 0.251 e. The predicted octanol–water partition coefficient (Wildman–Crippen LogP) is 2.77. The highest BCUT2D eigenvalue weighted by atomic mass is 32.1. The van der Waals surface area contributed by atoms with E-state index < -0.39 is 0 Å². The lowest BCUT2D eigenvalue weighted by atomic mass is 10.2. The number of halogens is 1. The van der Waals surface area contributed by atoms with E-state index >= 15 is 0 Å². The number of thiazole rings is 1. The average molecular weight is 250 g/mol. The lowest BCUT2D eigenvalue weighted by Crippen LogP contribution is -2.26. The van der Waals surface area contributed by atoms with E-state index in [9.17, 15) is 9.18 Å². The first-order valence-electron chi connectivity index (χ1n) is 5.12. The van der Waals surface area contributed by atoms with Crippen LogP contribution in [0.15, 0.2) is 35.8 Å². The maximum atomic E-state index is 12.7. The van der Waals surface area contributed by atoms with Crippen molar-refractivity contribution in [1.82, 2.24) is 10.3 Å². The van der Waals surface area contributed by atoms with Crippen LogP contribution in [0.3, 0.4) is 0 Å². The van der Waals surface area contributed by atoms with Crippen LogP contribution in [0.25, 0.3) is 0 Å². The van der Waals surface area contributed by atoms with Crippen molar-refractivity contribution in [2.24, 2.45) is 0 Å². The molecule has 1 amide bonds. The molecular weight excluding hydrogens is 239 g/mol. The van der Waals surface area contributed by atoms with E-state index in [-0.39, 0.29) is 17.8 Å². The number of rotatable bonds is 3. The topological polar surface area (TPSA) is 42.0 Å². The molecule has 0 radical (unpaired) electrons. The average Bonchev–Trinajstić information content (AvgIpc) is 2.83. The van der Waals surface area contributed by atoms with Gasteiger partial charge in [0.1, 0.15) is 10.8 Å². The molecular formula is C12H11FN2OS. The van der Waals surface area contributed by atoms with Gasteiger partial charge < -0.3 is 5.32 Å². The van der Waals surface area contributed by atoms with Crippen LogP contribution in [0.4, 0.5) is 4.39 Å². The van der Waals surface area contributed by atoms with Crippen LogP contribution >= 0.6 is 11.3 Å². The maximum absolute atomic E-state index is 12.7. The Labute approximate surface area is 102 Å². The fourth-order valence-corrected chi connectivity index (χ4v) is 2.04. The van der Waals surface area contributed by atoms with Gasteiger partial charge in [-0.2, -0.15) is 0 Å². The molecule has 2 aromatic rings. The second-order valence-corrected chi connectivity index (χ2v) is 4.50. The number of amides is 1. The summed E-state index contributed by atoms with van der Waals surface area (Å²) in [5.41, 5.74) is 0.440. The molecule has 0 saturated carbocycles. The first-order valence-corrected chi connectivity index (χ1v) is 6.00. The molecule has 1 unspecified atom stereocenters. The Kier molecular flexibility index (Phi) is 3.49. The van der Waals surface area contributed by atoms with Gasteiger partial charge in [0.2, 0.25) is 0 Å². The molecule has 1 aromatic carbocycles. The summed E-state index contributed by atoms with van der Waals surface area (Å²) < 4.78 is 12.7. The second-order valence-electron chi connectivity index (χ2n) is 3.57. The molecule has 88 valence electrons. The van der Waals surface area contributed by atoms with Crippen molar-refractivity contribution < 1.29 is 9.18 Å². The second kappa shape index (κ2) is 5.05. The van der Waals surface area contributed by atoms with E-state index in [0.717, 1.165) is 5.01 Å². The zero-order valence-electron chi connectivity index (χ0n) is 9.18. The number of hydrogen-bond acceptors (Lipinski definition) is 3. The molecule has 5 heteroatoms. The van der Waals surface area contributed by atoms with Gasteiger partial charge in [0.05, 0.1) is 6.04 Å². The van der Waals surface area contributed by atoms with Crippen LogP contribution in [-0.2, 0) is 0 Å². The highest BCUT2D eigenvalue weighted by Gasteiger charge is 2.12. The Morgan fingerprint density at radius 3 is 2.71 bits per heavy atom. The first kappa shape index (κ1) is 11.7. The minimum absolute atomic E-state index is 0.146. The van der Waals surface area contributed by atoms with Crippen molar-refractivity contribution >= 4 is 17.2 Å². The van der Waals surface area contributed by atoms with Crippen LogP contribution in [-0.4, -0.2) is 10.9 Å². The monoisotopic (exact) mass is 250 g/mol. The molecule has 2 rings (SSSR count). The molecule has 0 spiro atoms. The summed E-state index contributed by atoms with van der Waals surface area (Å²) in [5, 5.41) is 5.51. The molecule has 0 aliphatic heterocycles. The third-order valence-electron chi connectivity index (χ3n) is 2.28. The van der Waals surface area contributed by atoms with Crippen LogP contribution in [0, 0.1) is 5.82 Å². The summed E-state index contributed by atoms with van der Waals surface area (Å²) >= 11 is 1.48. The fraction of sp³-hybridized carbons (Fsp3) is 0.167. The highest BCUT2D eigenvalue weighted by molar-refractivity contribution is 7.09. The standard InChI is InChI=1S/C12H11FN2OS/c1-8(12-14-6-7-17-12)15-11(16)9-2-4-10(13)5-3-9/h2-8H,1H3,(H,15,16). The summed E-state index contributed by atoms with van der Waals surface area (Å²) in [6, 6.07) is 5.30. The lowest BCUT2D eigenvalue weighted by molar-refractivity contribution is 0.0940. The van der Waals surface area contributed by atoms with E-state index in [1.807, 2.05) is 12.3 Å². The number of aromatic nitrogens is 1. The first-order chi connectivity index (χ1) is 8.16. The zero-order chi connectivity index (χ0) is 12.3. The van der Waals surface area contributed by atoms with Gasteiger partial charge in [-0.3, -0.25) is 4.79 Å². The molecule has 3 nitrogen and oxygen atoms in total. The van der Waals surface area contributed by atoms with Gasteiger partial charge in [0, 0.05) is 17.1 Å². The Bertz CT molecular complexity index is 496. The number of hydrogen-bond donors (Lipinski definition) is 1. The number of nitrogens with zero attached hydrogens (tertiary/aromatic N) is 1. The molecule has 1 aromatic heterocycles. The van der Waals surface area contributed by atoms with Crippen molar-refractivity contribution in [3.63, 3.8) is 0 Å². The van der Waals surface area contributed by atoms with Crippen molar-refractivity contribution in [3.8, 4) is 0 Å². The van der Waals surface area contributed by atoms with E-state index in [2.05, 4.69) is 10.3 Å². The van der Waals surface area contributed by atoms with Crippen molar-refractivity contribution in [2.45, 2.75) is 13.0 Å². The summed E-state index contributed by atoms with van der Waals surface area (Å²) in [4.78, 5) is 15.9. The number of nitrogens with one attached hydrogen (secondary N) is 1. The summed E-state index contributed by atoms with van der Waals surface area (Å²) in [5.74, 6) is -0.581. The lowest BCUT2D eigenvalue weighted by Gasteiger charge is -2.10. The Morgan fingerprint density at radius 2 is 2.12 bits per heavy atom. The molecule has 0 aliphatic rings. The summed E-state index contributed by atoms with van der Waals surface area (Å²) in [6.07, 6.45) is 1.69. The van der Waals surface area contributed by atoms with Gasteiger partial charge in [0.15, 0.2) is 0 Å². The van der Waals surface area contributed by atoms with Gasteiger partial charge in [-0.05, 0) is 31.2 Å². The normalized spacial score (nSPS) is 12.1. The van der Waals surface area contributed by atoms with Gasteiger partial charge in [0.25, 0.3) is 5.91 Å². The molecule has 1 atom stereocenters. The SMILES string of the molecule is CC(NC(=O)c1ccc(F)cc1)c1nccs1. The highest BCUT2D eigenvalue weighted by Crippen LogP contribution is 2.15. The summed E-state index contributed by atoms with van der Waals surface area (Å²) in [7, 11) is 0. The Balaban J connectivity index is 2.04. The fourth-order valence-electron chi connectivity index (χ4n) is 1.39. The van der Waals surface area contributed by atoms with E-state index in [4.69, 9.17) is 0 Å². The third-order valence-corrected chi connectivity index (χ3v) is 3.23. The molecule has 0 bridgehead atoms. The Morgan fingerprint density at radius 1 is 1.41 bits per heavy atom. The van der Waals surface area contributed by atoms with Gasteiger partial charge in [-0.25, -0.2) is 9.37 Å². The third kappa shape index (κ3) is 2.88. The van der Waals surface area contributed by atoms with Crippen molar-refractivity contribution in [3.05, 3.63) is 52.2 Å². The Hall–Kier alpha value is -1.75. The zero-order valence-corrected chi connectivity index (χ0v) is 10.00. The molecule has 0 fully saturated rings.